The molecule has 0 saturated carbocycles. The highest BCUT2D eigenvalue weighted by molar-refractivity contribution is 7.45. The Kier molecular flexibility index (Phi) is 9.41. The second kappa shape index (κ2) is 12.3. The Balaban J connectivity index is 1.66. The molecule has 0 spiro atoms. The Morgan fingerprint density at radius 3 is 2.65 bits per heavy atom. The van der Waals surface area contributed by atoms with Gasteiger partial charge >= 0.3 is 20.2 Å². The average molecular weight is 493 g/mol. The van der Waals surface area contributed by atoms with Crippen LogP contribution in [0.3, 0.4) is 0 Å². The van der Waals surface area contributed by atoms with Gasteiger partial charge in [0.05, 0.1) is 18.8 Å². The van der Waals surface area contributed by atoms with Crippen molar-refractivity contribution < 1.29 is 23.3 Å². The third-order valence-electron chi connectivity index (χ3n) is 5.19. The number of ether oxygens (including phenoxy) is 2. The van der Waals surface area contributed by atoms with E-state index >= 15 is 0 Å². The number of nitrogens with zero attached hydrogens (tertiary/aromatic N) is 1. The van der Waals surface area contributed by atoms with Crippen LogP contribution in [0.25, 0.3) is 0 Å². The minimum Gasteiger partial charge on any atom is -0.462 e. The summed E-state index contributed by atoms with van der Waals surface area (Å²) in [6, 6.07) is 9.89. The third kappa shape index (κ3) is 7.24. The van der Waals surface area contributed by atoms with Crippen molar-refractivity contribution in [2.45, 2.75) is 65.0 Å². The summed E-state index contributed by atoms with van der Waals surface area (Å²) >= 11 is 0. The molecule has 5 unspecified atom stereocenters. The van der Waals surface area contributed by atoms with Crippen LogP contribution in [-0.4, -0.2) is 40.4 Å². The van der Waals surface area contributed by atoms with E-state index in [-0.39, 0.29) is 30.7 Å². The Hall–Kier alpha value is -2.52. The average Bonchev–Trinajstić information content (AvgIpc) is 3.15. The maximum Gasteiger partial charge on any atom is 0.330 e. The first kappa shape index (κ1) is 26.1. The lowest BCUT2D eigenvalue weighted by molar-refractivity contribution is -0.149. The molecule has 1 fully saturated rings. The number of benzene rings is 1. The summed E-state index contributed by atoms with van der Waals surface area (Å²) < 4.78 is 24.8. The van der Waals surface area contributed by atoms with Crippen LogP contribution in [0.2, 0.25) is 0 Å². The lowest BCUT2D eigenvalue weighted by atomic mass is 10.1. The number of nitrogens with one attached hydrogen (secondary N) is 2. The molecule has 186 valence electrons. The molecule has 0 bridgehead atoms. The number of aromatic nitrogens is 2. The maximum atomic E-state index is 12.5. The molecule has 0 radical (unpaired) electrons. The van der Waals surface area contributed by atoms with Crippen molar-refractivity contribution in [3.63, 3.8) is 0 Å². The van der Waals surface area contributed by atoms with Gasteiger partial charge in [-0.05, 0) is 38.8 Å². The summed E-state index contributed by atoms with van der Waals surface area (Å²) in [5.41, 5.74) is -0.972. The number of hydrogen-bond acceptors (Lipinski definition) is 8. The van der Waals surface area contributed by atoms with Gasteiger partial charge < -0.3 is 18.5 Å². The molecule has 1 aromatic heterocycles. The Morgan fingerprint density at radius 2 is 2.00 bits per heavy atom. The van der Waals surface area contributed by atoms with Crippen molar-refractivity contribution in [1.82, 2.24) is 14.6 Å². The first-order chi connectivity index (χ1) is 16.3. The minimum absolute atomic E-state index is 0.0239. The summed E-state index contributed by atoms with van der Waals surface area (Å²) in [6.07, 6.45) is 1.54. The molecule has 2 heterocycles. The normalized spacial score (nSPS) is 21.9. The number of carbonyl (C=O) groups is 1. The summed E-state index contributed by atoms with van der Waals surface area (Å²) in [4.78, 5) is 38.3. The van der Waals surface area contributed by atoms with E-state index in [1.165, 1.54) is 16.8 Å². The number of aromatic amines is 1. The van der Waals surface area contributed by atoms with Gasteiger partial charge in [0.25, 0.3) is 5.56 Å². The van der Waals surface area contributed by atoms with Crippen molar-refractivity contribution in [3.8, 4) is 5.75 Å². The predicted molar refractivity (Wildman–Crippen MR) is 127 cm³/mol. The quantitative estimate of drug-likeness (QED) is 0.362. The van der Waals surface area contributed by atoms with Gasteiger partial charge in [0.1, 0.15) is 18.0 Å². The Bertz CT molecular complexity index is 1040. The van der Waals surface area contributed by atoms with Gasteiger partial charge in [-0.15, -0.1) is 0 Å². The zero-order valence-corrected chi connectivity index (χ0v) is 20.7. The van der Waals surface area contributed by atoms with E-state index in [1.54, 1.807) is 26.0 Å². The van der Waals surface area contributed by atoms with E-state index in [4.69, 9.17) is 18.5 Å². The molecule has 10 nitrogen and oxygen atoms in total. The first-order valence-corrected chi connectivity index (χ1v) is 12.5. The fraction of sp³-hybridized carbons (Fsp3) is 0.522. The second-order valence-corrected chi connectivity index (χ2v) is 9.63. The summed E-state index contributed by atoms with van der Waals surface area (Å²) in [6.45, 7) is 7.64. The van der Waals surface area contributed by atoms with E-state index in [1.807, 2.05) is 32.0 Å². The molecule has 1 aliphatic heterocycles. The van der Waals surface area contributed by atoms with E-state index in [0.717, 1.165) is 0 Å². The van der Waals surface area contributed by atoms with Gasteiger partial charge in [-0.1, -0.05) is 32.0 Å². The Labute approximate surface area is 199 Å². The Morgan fingerprint density at radius 1 is 1.26 bits per heavy atom. The molecule has 0 aliphatic carbocycles. The first-order valence-electron chi connectivity index (χ1n) is 11.4. The van der Waals surface area contributed by atoms with E-state index in [0.29, 0.717) is 18.6 Å². The highest BCUT2D eigenvalue weighted by Gasteiger charge is 2.35. The van der Waals surface area contributed by atoms with Crippen LogP contribution in [0.5, 0.6) is 5.75 Å². The number of hydrogen-bond donors (Lipinski definition) is 2. The van der Waals surface area contributed by atoms with E-state index in [2.05, 4.69) is 10.1 Å². The van der Waals surface area contributed by atoms with Crippen LogP contribution in [0, 0.1) is 5.92 Å². The summed E-state index contributed by atoms with van der Waals surface area (Å²) in [7, 11) is -1.70. The van der Waals surface area contributed by atoms with Gasteiger partial charge in [0.15, 0.2) is 0 Å². The fourth-order valence-corrected chi connectivity index (χ4v) is 4.90. The van der Waals surface area contributed by atoms with E-state index in [9.17, 15) is 14.4 Å². The minimum atomic E-state index is -1.70. The molecule has 1 saturated heterocycles. The van der Waals surface area contributed by atoms with Crippen LogP contribution in [0.4, 0.5) is 0 Å². The number of H-pyrrole nitrogens is 1. The molecular weight excluding hydrogens is 461 g/mol. The molecule has 11 heteroatoms. The van der Waals surface area contributed by atoms with Gasteiger partial charge in [0.2, 0.25) is 0 Å². The molecular formula is C23H32N3O7P. The topological polar surface area (TPSA) is 121 Å². The molecule has 0 amide bonds. The zero-order valence-electron chi connectivity index (χ0n) is 19.8. The highest BCUT2D eigenvalue weighted by Crippen LogP contribution is 2.39. The summed E-state index contributed by atoms with van der Waals surface area (Å²) in [5.74, 6) is 0.260. The number of para-hydroxylation sites is 1. The summed E-state index contributed by atoms with van der Waals surface area (Å²) in [5, 5.41) is 3.15. The van der Waals surface area contributed by atoms with Crippen LogP contribution in [0.15, 0.2) is 52.2 Å². The smallest absolute Gasteiger partial charge is 0.330 e. The van der Waals surface area contributed by atoms with Gasteiger partial charge in [-0.3, -0.25) is 19.1 Å². The largest absolute Gasteiger partial charge is 0.462 e. The van der Waals surface area contributed by atoms with Crippen molar-refractivity contribution >= 4 is 14.5 Å². The number of rotatable bonds is 11. The van der Waals surface area contributed by atoms with Gasteiger partial charge in [-0.2, -0.15) is 0 Å². The fourth-order valence-electron chi connectivity index (χ4n) is 3.56. The third-order valence-corrected chi connectivity index (χ3v) is 6.48. The lowest BCUT2D eigenvalue weighted by Crippen LogP contribution is -2.37. The zero-order chi connectivity index (χ0) is 24.7. The standard InChI is InChI=1S/C23H32N3O7P/c1-5-19(22(28)31-15(2)3)25-34(33-17-9-7-6-8-10-17)30-14-18-13-16(4)21(32-18)26-12-11-20(27)24-23(26)29/h6-12,15-16,18-19,21,25H,5,13-14H2,1-4H3,(H,24,27,29). The van der Waals surface area contributed by atoms with Crippen LogP contribution < -0.4 is 20.9 Å². The maximum absolute atomic E-state index is 12.5. The number of esters is 1. The van der Waals surface area contributed by atoms with Gasteiger partial charge in [-0.25, -0.2) is 9.88 Å². The van der Waals surface area contributed by atoms with Crippen molar-refractivity contribution in [2.24, 2.45) is 5.92 Å². The van der Waals surface area contributed by atoms with Crippen molar-refractivity contribution in [3.05, 3.63) is 63.4 Å². The molecule has 2 aromatic rings. The van der Waals surface area contributed by atoms with Crippen LogP contribution in [-0.2, 0) is 18.8 Å². The van der Waals surface area contributed by atoms with Crippen molar-refractivity contribution in [1.29, 1.82) is 0 Å². The second-order valence-electron chi connectivity index (χ2n) is 8.41. The van der Waals surface area contributed by atoms with Crippen LogP contribution >= 0.6 is 8.53 Å². The molecule has 1 aromatic carbocycles. The molecule has 34 heavy (non-hydrogen) atoms. The molecule has 5 atom stereocenters. The van der Waals surface area contributed by atoms with Gasteiger partial charge in [0, 0.05) is 18.2 Å². The van der Waals surface area contributed by atoms with E-state index < -0.39 is 32.0 Å². The molecule has 2 N–H and O–H groups in total. The molecule has 3 rings (SSSR count). The monoisotopic (exact) mass is 493 g/mol. The lowest BCUT2D eigenvalue weighted by Gasteiger charge is -2.25. The highest BCUT2D eigenvalue weighted by atomic mass is 31.2. The predicted octanol–water partition coefficient (Wildman–Crippen LogP) is 3.10. The SMILES string of the molecule is CCC(NP(OCC1CC(C)C(n2ccc(=O)[nH]c2=O)O1)Oc1ccccc1)C(=O)OC(C)C. The number of carbonyl (C=O) groups excluding carboxylic acids is 1. The molecule has 1 aliphatic rings. The van der Waals surface area contributed by atoms with Crippen LogP contribution in [0.1, 0.15) is 46.8 Å². The van der Waals surface area contributed by atoms with Crippen molar-refractivity contribution in [2.75, 3.05) is 6.61 Å².